The molecule has 39 heavy (non-hydrogen) atoms. The Morgan fingerprint density at radius 3 is 2.69 bits per heavy atom. The number of rotatable bonds is 6. The van der Waals surface area contributed by atoms with Crippen LogP contribution in [0.5, 0.6) is 11.5 Å². The maximum absolute atomic E-state index is 13.6. The summed E-state index contributed by atoms with van der Waals surface area (Å²) < 4.78 is 12.5. The van der Waals surface area contributed by atoms with Crippen molar-refractivity contribution < 1.29 is 24.2 Å². The first kappa shape index (κ1) is 25.1. The molecule has 3 aromatic carbocycles. The van der Waals surface area contributed by atoms with Gasteiger partial charge in [-0.3, -0.25) is 14.5 Å². The van der Waals surface area contributed by atoms with Gasteiger partial charge in [0.25, 0.3) is 5.78 Å². The number of amides is 1. The average Bonchev–Trinajstić information content (AvgIpc) is 3.59. The molecule has 1 aromatic heterocycles. The van der Waals surface area contributed by atoms with Crippen LogP contribution in [0, 0.1) is 6.92 Å². The fraction of sp³-hybridized carbons (Fsp3) is 0.258. The zero-order chi connectivity index (χ0) is 27.3. The first-order valence-electron chi connectivity index (χ1n) is 13.0. The van der Waals surface area contributed by atoms with Crippen molar-refractivity contribution in [2.75, 3.05) is 11.5 Å². The molecule has 4 aromatic rings. The van der Waals surface area contributed by atoms with Crippen LogP contribution < -0.4 is 14.4 Å². The highest BCUT2D eigenvalue weighted by molar-refractivity contribution is 7.22. The van der Waals surface area contributed by atoms with E-state index in [0.29, 0.717) is 35.0 Å². The molecule has 1 amide bonds. The van der Waals surface area contributed by atoms with Gasteiger partial charge in [0.05, 0.1) is 28.4 Å². The van der Waals surface area contributed by atoms with Gasteiger partial charge in [0, 0.05) is 12.0 Å². The lowest BCUT2D eigenvalue weighted by atomic mass is 9.94. The number of hydrogen-bond donors (Lipinski definition) is 1. The lowest BCUT2D eigenvalue weighted by molar-refractivity contribution is -0.132. The third kappa shape index (κ3) is 4.44. The van der Waals surface area contributed by atoms with Crippen LogP contribution in [0.1, 0.15) is 48.6 Å². The molecule has 6 rings (SSSR count). The Labute approximate surface area is 230 Å². The maximum Gasteiger partial charge on any atom is 0.301 e. The zero-order valence-corrected chi connectivity index (χ0v) is 22.7. The van der Waals surface area contributed by atoms with Crippen molar-refractivity contribution in [2.45, 2.75) is 45.8 Å². The fourth-order valence-corrected chi connectivity index (χ4v) is 6.25. The molecule has 2 aliphatic heterocycles. The molecule has 1 saturated heterocycles. The van der Waals surface area contributed by atoms with Gasteiger partial charge in [0.1, 0.15) is 23.4 Å². The summed E-state index contributed by atoms with van der Waals surface area (Å²) in [7, 11) is 0. The molecule has 1 fully saturated rings. The highest BCUT2D eigenvalue weighted by atomic mass is 32.1. The third-order valence-electron chi connectivity index (χ3n) is 7.02. The normalized spacial score (nSPS) is 19.9. The number of Topliss-reactive ketones (excluding diaryl/α,β-unsaturated/α-hetero) is 1. The molecule has 198 valence electrons. The van der Waals surface area contributed by atoms with E-state index < -0.39 is 17.7 Å². The minimum absolute atomic E-state index is 0.0320. The second kappa shape index (κ2) is 9.85. The zero-order valence-electron chi connectivity index (χ0n) is 21.9. The smallest absolute Gasteiger partial charge is 0.301 e. The van der Waals surface area contributed by atoms with E-state index in [9.17, 15) is 14.7 Å². The molecule has 8 heteroatoms. The molecule has 7 nitrogen and oxygen atoms in total. The molecular formula is C31H28N2O5S. The summed E-state index contributed by atoms with van der Waals surface area (Å²) in [6.45, 7) is 6.60. The highest BCUT2D eigenvalue weighted by Crippen LogP contribution is 2.45. The topological polar surface area (TPSA) is 89.0 Å². The Kier molecular flexibility index (Phi) is 6.35. The summed E-state index contributed by atoms with van der Waals surface area (Å²) in [6, 6.07) is 17.7. The van der Waals surface area contributed by atoms with Crippen LogP contribution in [0.25, 0.3) is 16.0 Å². The van der Waals surface area contributed by atoms with E-state index >= 15 is 0 Å². The standard InChI is InChI=1S/C31H28N2O5S/c1-4-13-37-22-9-6-19(7-10-22)27-26(28(34)20-8-12-24-21(16-20)15-18(3)38-24)29(35)30(36)33(27)31-32-23-11-5-17(2)14-25(23)39-31/h5-12,14,16,18,27,34H,4,13,15H2,1-3H3/t18-,27-/m0/s1. The number of aliphatic hydroxyl groups excluding tert-OH is 1. The molecule has 3 heterocycles. The van der Waals surface area contributed by atoms with Crippen molar-refractivity contribution in [1.82, 2.24) is 4.98 Å². The van der Waals surface area contributed by atoms with Crippen molar-refractivity contribution in [1.29, 1.82) is 0 Å². The Morgan fingerprint density at radius 1 is 1.13 bits per heavy atom. The predicted octanol–water partition coefficient (Wildman–Crippen LogP) is 6.34. The number of aryl methyl sites for hydroxylation is 1. The number of ether oxygens (including phenoxy) is 2. The number of carbonyl (C=O) groups excluding carboxylic acids is 2. The third-order valence-corrected chi connectivity index (χ3v) is 8.04. The number of benzene rings is 3. The number of hydrogen-bond acceptors (Lipinski definition) is 7. The van der Waals surface area contributed by atoms with E-state index in [2.05, 4.69) is 0 Å². The quantitative estimate of drug-likeness (QED) is 0.174. The Hall–Kier alpha value is -4.17. The maximum atomic E-state index is 13.6. The van der Waals surface area contributed by atoms with E-state index in [0.717, 1.165) is 33.5 Å². The van der Waals surface area contributed by atoms with Gasteiger partial charge in [-0.15, -0.1) is 0 Å². The number of aliphatic hydroxyl groups is 1. The lowest BCUT2D eigenvalue weighted by Gasteiger charge is -2.23. The van der Waals surface area contributed by atoms with Gasteiger partial charge in [-0.25, -0.2) is 4.98 Å². The summed E-state index contributed by atoms with van der Waals surface area (Å²) in [5, 5.41) is 12.0. The van der Waals surface area contributed by atoms with Crippen molar-refractivity contribution in [2.24, 2.45) is 0 Å². The molecule has 0 spiro atoms. The second-order valence-electron chi connectivity index (χ2n) is 10.0. The highest BCUT2D eigenvalue weighted by Gasteiger charge is 2.48. The SMILES string of the molecule is CCCOc1ccc([C@H]2C(=C(O)c3ccc4c(c3)C[C@H](C)O4)C(=O)C(=O)N2c2nc3ccc(C)cc3s2)cc1. The summed E-state index contributed by atoms with van der Waals surface area (Å²) in [5.41, 5.74) is 3.96. The molecule has 2 atom stereocenters. The number of anilines is 1. The fourth-order valence-electron chi connectivity index (χ4n) is 5.16. The monoisotopic (exact) mass is 540 g/mol. The van der Waals surface area contributed by atoms with E-state index in [4.69, 9.17) is 14.5 Å². The summed E-state index contributed by atoms with van der Waals surface area (Å²) in [5.74, 6) is -0.221. The van der Waals surface area contributed by atoms with E-state index in [1.165, 1.54) is 16.2 Å². The van der Waals surface area contributed by atoms with Crippen LogP contribution in [0.15, 0.2) is 66.2 Å². The molecule has 0 aliphatic carbocycles. The number of fused-ring (bicyclic) bond motifs is 2. The minimum atomic E-state index is -0.852. The van der Waals surface area contributed by atoms with Gasteiger partial charge in [-0.1, -0.05) is 36.5 Å². The summed E-state index contributed by atoms with van der Waals surface area (Å²) in [4.78, 5) is 33.3. The lowest BCUT2D eigenvalue weighted by Crippen LogP contribution is -2.29. The van der Waals surface area contributed by atoms with Crippen molar-refractivity contribution in [3.63, 3.8) is 0 Å². The second-order valence-corrected chi connectivity index (χ2v) is 11.0. The van der Waals surface area contributed by atoms with Crippen LogP contribution in [-0.2, 0) is 16.0 Å². The van der Waals surface area contributed by atoms with Crippen LogP contribution in [-0.4, -0.2) is 34.5 Å². The number of aromatic nitrogens is 1. The van der Waals surface area contributed by atoms with E-state index in [-0.39, 0.29) is 17.4 Å². The van der Waals surface area contributed by atoms with Crippen LogP contribution in [0.4, 0.5) is 5.13 Å². The average molecular weight is 541 g/mol. The number of ketones is 1. The Bertz CT molecular complexity index is 1640. The van der Waals surface area contributed by atoms with Gasteiger partial charge in [-0.05, 0) is 79.4 Å². The molecule has 0 saturated carbocycles. The summed E-state index contributed by atoms with van der Waals surface area (Å²) in [6.07, 6.45) is 1.63. The molecular weight excluding hydrogens is 512 g/mol. The molecule has 0 radical (unpaired) electrons. The van der Waals surface area contributed by atoms with Crippen molar-refractivity contribution in [3.05, 3.63) is 88.5 Å². The van der Waals surface area contributed by atoms with E-state index in [1.807, 2.05) is 69.3 Å². The predicted molar refractivity (Wildman–Crippen MR) is 152 cm³/mol. The number of thiazole rings is 1. The Balaban J connectivity index is 1.49. The van der Waals surface area contributed by atoms with Crippen LogP contribution in [0.2, 0.25) is 0 Å². The largest absolute Gasteiger partial charge is 0.507 e. The van der Waals surface area contributed by atoms with Gasteiger partial charge >= 0.3 is 5.91 Å². The summed E-state index contributed by atoms with van der Waals surface area (Å²) >= 11 is 1.35. The van der Waals surface area contributed by atoms with Gasteiger partial charge in [-0.2, -0.15) is 0 Å². The molecule has 0 bridgehead atoms. The van der Waals surface area contributed by atoms with Crippen molar-refractivity contribution >= 4 is 44.1 Å². The molecule has 0 unspecified atom stereocenters. The molecule has 1 N–H and O–H groups in total. The van der Waals surface area contributed by atoms with E-state index in [1.54, 1.807) is 12.1 Å². The molecule has 2 aliphatic rings. The van der Waals surface area contributed by atoms with Gasteiger partial charge in [0.2, 0.25) is 0 Å². The van der Waals surface area contributed by atoms with Crippen LogP contribution >= 0.6 is 11.3 Å². The van der Waals surface area contributed by atoms with Crippen LogP contribution in [0.3, 0.4) is 0 Å². The minimum Gasteiger partial charge on any atom is -0.507 e. The first-order chi connectivity index (χ1) is 18.8. The number of carbonyl (C=O) groups is 2. The van der Waals surface area contributed by atoms with Gasteiger partial charge in [0.15, 0.2) is 5.13 Å². The Morgan fingerprint density at radius 2 is 1.92 bits per heavy atom. The number of nitrogens with zero attached hydrogens (tertiary/aromatic N) is 2. The van der Waals surface area contributed by atoms with Crippen molar-refractivity contribution in [3.8, 4) is 11.5 Å². The first-order valence-corrected chi connectivity index (χ1v) is 13.9. The van der Waals surface area contributed by atoms with Gasteiger partial charge < -0.3 is 14.6 Å².